The van der Waals surface area contributed by atoms with Gasteiger partial charge < -0.3 is 10.1 Å². The zero-order chi connectivity index (χ0) is 17.0. The van der Waals surface area contributed by atoms with Crippen molar-refractivity contribution in [1.29, 1.82) is 0 Å². The molecule has 0 saturated carbocycles. The topological polar surface area (TPSA) is 50.4 Å². The molecule has 2 rings (SSSR count). The van der Waals surface area contributed by atoms with E-state index in [9.17, 15) is 4.79 Å². The zero-order valence-corrected chi connectivity index (χ0v) is 15.7. The summed E-state index contributed by atoms with van der Waals surface area (Å²) in [5.74, 6) is 0.0451. The first-order valence-electron chi connectivity index (χ1n) is 6.31. The number of hydrogen-bond donors (Lipinski definition) is 2. The SMILES string of the molecule is COc1ccc(Br)cc1C(=O)NC(=S)Nc1ccc(Cl)cc1Cl. The molecule has 120 valence electrons. The minimum absolute atomic E-state index is 0.112. The molecule has 2 aromatic carbocycles. The predicted molar refractivity (Wildman–Crippen MR) is 101 cm³/mol. The first kappa shape index (κ1) is 18.0. The van der Waals surface area contributed by atoms with E-state index in [2.05, 4.69) is 26.6 Å². The van der Waals surface area contributed by atoms with Crippen molar-refractivity contribution in [2.45, 2.75) is 0 Å². The van der Waals surface area contributed by atoms with Crippen LogP contribution >= 0.6 is 51.3 Å². The summed E-state index contributed by atoms with van der Waals surface area (Å²) in [7, 11) is 1.49. The first-order valence-corrected chi connectivity index (χ1v) is 8.27. The van der Waals surface area contributed by atoms with Gasteiger partial charge in [-0.05, 0) is 48.6 Å². The number of rotatable bonds is 3. The quantitative estimate of drug-likeness (QED) is 0.676. The summed E-state index contributed by atoms with van der Waals surface area (Å²) in [5.41, 5.74) is 0.899. The Morgan fingerprint density at radius 1 is 1.22 bits per heavy atom. The lowest BCUT2D eigenvalue weighted by molar-refractivity contribution is 0.0974. The molecule has 0 aliphatic rings. The van der Waals surface area contributed by atoms with Crippen LogP contribution in [-0.2, 0) is 0 Å². The van der Waals surface area contributed by atoms with Crippen LogP contribution in [0.5, 0.6) is 5.75 Å². The number of ether oxygens (including phenoxy) is 1. The Hall–Kier alpha value is -1.34. The highest BCUT2D eigenvalue weighted by Gasteiger charge is 2.14. The Morgan fingerprint density at radius 2 is 1.96 bits per heavy atom. The van der Waals surface area contributed by atoms with Gasteiger partial charge >= 0.3 is 0 Å². The van der Waals surface area contributed by atoms with Crippen LogP contribution in [0.1, 0.15) is 10.4 Å². The first-order chi connectivity index (χ1) is 10.9. The maximum atomic E-state index is 12.3. The van der Waals surface area contributed by atoms with Crippen LogP contribution in [0.3, 0.4) is 0 Å². The summed E-state index contributed by atoms with van der Waals surface area (Å²) < 4.78 is 5.93. The standard InChI is InChI=1S/C15H11BrCl2N2O2S/c1-22-13-5-2-8(16)6-10(13)14(21)20-15(23)19-12-4-3-9(17)7-11(12)18/h2-7H,1H3,(H2,19,20,21,23). The van der Waals surface area contributed by atoms with E-state index in [-0.39, 0.29) is 5.11 Å². The van der Waals surface area contributed by atoms with Gasteiger partial charge in [-0.3, -0.25) is 10.1 Å². The molecule has 2 N–H and O–H groups in total. The number of carbonyl (C=O) groups excluding carboxylic acids is 1. The van der Waals surface area contributed by atoms with Crippen molar-refractivity contribution in [3.05, 3.63) is 56.5 Å². The second-order valence-electron chi connectivity index (χ2n) is 4.38. The monoisotopic (exact) mass is 432 g/mol. The lowest BCUT2D eigenvalue weighted by atomic mass is 10.2. The van der Waals surface area contributed by atoms with Gasteiger partial charge in [0, 0.05) is 9.50 Å². The average molecular weight is 434 g/mol. The molecule has 0 heterocycles. The van der Waals surface area contributed by atoms with E-state index in [4.69, 9.17) is 40.2 Å². The molecule has 0 saturated heterocycles. The second-order valence-corrected chi connectivity index (χ2v) is 6.54. The lowest BCUT2D eigenvalue weighted by Crippen LogP contribution is -2.34. The van der Waals surface area contributed by atoms with Crippen LogP contribution in [0.2, 0.25) is 10.0 Å². The molecule has 0 aliphatic carbocycles. The molecule has 2 aromatic rings. The molecule has 4 nitrogen and oxygen atoms in total. The van der Waals surface area contributed by atoms with Crippen molar-refractivity contribution in [2.75, 3.05) is 12.4 Å². The molecule has 0 aliphatic heterocycles. The summed E-state index contributed by atoms with van der Waals surface area (Å²) in [4.78, 5) is 12.3. The third-order valence-electron chi connectivity index (χ3n) is 2.81. The Bertz CT molecular complexity index is 771. The van der Waals surface area contributed by atoms with Gasteiger partial charge in [-0.15, -0.1) is 0 Å². The van der Waals surface area contributed by atoms with E-state index in [1.54, 1.807) is 36.4 Å². The zero-order valence-electron chi connectivity index (χ0n) is 11.8. The molecule has 0 atom stereocenters. The highest BCUT2D eigenvalue weighted by atomic mass is 79.9. The number of benzene rings is 2. The van der Waals surface area contributed by atoms with E-state index in [0.717, 1.165) is 4.47 Å². The minimum atomic E-state index is -0.397. The number of methoxy groups -OCH3 is 1. The molecule has 0 spiro atoms. The number of thiocarbonyl (C=S) groups is 1. The largest absolute Gasteiger partial charge is 0.496 e. The molecule has 1 amide bonds. The van der Waals surface area contributed by atoms with Crippen molar-refractivity contribution in [3.63, 3.8) is 0 Å². The lowest BCUT2D eigenvalue weighted by Gasteiger charge is -2.13. The number of halogens is 3. The van der Waals surface area contributed by atoms with Gasteiger partial charge in [0.15, 0.2) is 5.11 Å². The summed E-state index contributed by atoms with van der Waals surface area (Å²) in [6, 6.07) is 10.0. The highest BCUT2D eigenvalue weighted by Crippen LogP contribution is 2.26. The molecule has 8 heteroatoms. The summed E-state index contributed by atoms with van der Waals surface area (Å²) >= 11 is 20.3. The van der Waals surface area contributed by atoms with Gasteiger partial charge in [-0.1, -0.05) is 39.1 Å². The van der Waals surface area contributed by atoms with Crippen molar-refractivity contribution in [1.82, 2.24) is 5.32 Å². The van der Waals surface area contributed by atoms with Gasteiger partial charge in [-0.25, -0.2) is 0 Å². The van der Waals surface area contributed by atoms with E-state index < -0.39 is 5.91 Å². The maximum Gasteiger partial charge on any atom is 0.261 e. The molecule has 0 aromatic heterocycles. The van der Waals surface area contributed by atoms with Gasteiger partial charge in [0.1, 0.15) is 5.75 Å². The number of anilines is 1. The van der Waals surface area contributed by atoms with Crippen molar-refractivity contribution in [3.8, 4) is 5.75 Å². The second kappa shape index (κ2) is 7.97. The van der Waals surface area contributed by atoms with Crippen LogP contribution < -0.4 is 15.4 Å². The summed E-state index contributed by atoms with van der Waals surface area (Å²) in [6.07, 6.45) is 0. The fourth-order valence-electron chi connectivity index (χ4n) is 1.77. The summed E-state index contributed by atoms with van der Waals surface area (Å²) in [5, 5.41) is 6.44. The van der Waals surface area contributed by atoms with Crippen LogP contribution in [0.4, 0.5) is 5.69 Å². The van der Waals surface area contributed by atoms with Gasteiger partial charge in [-0.2, -0.15) is 0 Å². The molecule has 23 heavy (non-hydrogen) atoms. The van der Waals surface area contributed by atoms with Crippen LogP contribution in [0.25, 0.3) is 0 Å². The molecular weight excluding hydrogens is 423 g/mol. The van der Waals surface area contributed by atoms with Crippen molar-refractivity contribution in [2.24, 2.45) is 0 Å². The minimum Gasteiger partial charge on any atom is -0.496 e. The molecule has 0 fully saturated rings. The highest BCUT2D eigenvalue weighted by molar-refractivity contribution is 9.10. The normalized spacial score (nSPS) is 10.1. The average Bonchev–Trinajstić information content (AvgIpc) is 2.50. The van der Waals surface area contributed by atoms with E-state index in [1.165, 1.54) is 7.11 Å². The van der Waals surface area contributed by atoms with Gasteiger partial charge in [0.2, 0.25) is 0 Å². The van der Waals surface area contributed by atoms with Gasteiger partial charge in [0.05, 0.1) is 23.4 Å². The Balaban J connectivity index is 2.11. The van der Waals surface area contributed by atoms with Gasteiger partial charge in [0.25, 0.3) is 5.91 Å². The fourth-order valence-corrected chi connectivity index (χ4v) is 2.79. The molecule has 0 radical (unpaired) electrons. The number of nitrogens with one attached hydrogen (secondary N) is 2. The number of hydrogen-bond acceptors (Lipinski definition) is 3. The Labute approximate surface area is 157 Å². The van der Waals surface area contributed by atoms with E-state index >= 15 is 0 Å². The van der Waals surface area contributed by atoms with E-state index in [0.29, 0.717) is 27.0 Å². The predicted octanol–water partition coefficient (Wildman–Crippen LogP) is 4.89. The maximum absolute atomic E-state index is 12.3. The molecular formula is C15H11BrCl2N2O2S. The van der Waals surface area contributed by atoms with Crippen molar-refractivity contribution >= 4 is 68.1 Å². The smallest absolute Gasteiger partial charge is 0.261 e. The van der Waals surface area contributed by atoms with Crippen LogP contribution in [0.15, 0.2) is 40.9 Å². The number of carbonyl (C=O) groups is 1. The third-order valence-corrected chi connectivity index (χ3v) is 4.06. The van der Waals surface area contributed by atoms with Crippen LogP contribution in [0, 0.1) is 0 Å². The van der Waals surface area contributed by atoms with Crippen molar-refractivity contribution < 1.29 is 9.53 Å². The molecule has 0 bridgehead atoms. The fraction of sp³-hybridized carbons (Fsp3) is 0.0667. The number of amides is 1. The molecule has 0 unspecified atom stereocenters. The Morgan fingerprint density at radius 3 is 2.61 bits per heavy atom. The summed E-state index contributed by atoms with van der Waals surface area (Å²) in [6.45, 7) is 0. The van der Waals surface area contributed by atoms with E-state index in [1.807, 2.05) is 0 Å². The van der Waals surface area contributed by atoms with Crippen LogP contribution in [-0.4, -0.2) is 18.1 Å². The Kier molecular flexibility index (Phi) is 6.24. The third kappa shape index (κ3) is 4.81.